The summed E-state index contributed by atoms with van der Waals surface area (Å²) in [6.07, 6.45) is 0.131. The summed E-state index contributed by atoms with van der Waals surface area (Å²) >= 11 is 0. The third-order valence-electron chi connectivity index (χ3n) is 1.38. The minimum absolute atomic E-state index is 0.131. The van der Waals surface area contributed by atoms with Crippen molar-refractivity contribution in [2.24, 2.45) is 5.73 Å². The van der Waals surface area contributed by atoms with E-state index in [1.54, 1.807) is 14.2 Å². The molecule has 1 atom stereocenters. The van der Waals surface area contributed by atoms with Crippen molar-refractivity contribution in [3.05, 3.63) is 0 Å². The highest BCUT2D eigenvalue weighted by Gasteiger charge is 2.04. The molecule has 0 aliphatic carbocycles. The summed E-state index contributed by atoms with van der Waals surface area (Å²) in [7, 11) is 3.34. The average molecular weight is 162 g/mol. The van der Waals surface area contributed by atoms with E-state index in [-0.39, 0.29) is 6.10 Å². The van der Waals surface area contributed by atoms with Gasteiger partial charge >= 0.3 is 0 Å². The first-order valence-electron chi connectivity index (χ1n) is 3.77. The second-order valence-electron chi connectivity index (χ2n) is 2.31. The summed E-state index contributed by atoms with van der Waals surface area (Å²) in [6.45, 7) is 2.89. The number of hydrogen-bond donors (Lipinski definition) is 2. The van der Waals surface area contributed by atoms with Crippen LogP contribution in [0.2, 0.25) is 0 Å². The third kappa shape index (κ3) is 6.25. The van der Waals surface area contributed by atoms with Crippen LogP contribution >= 0.6 is 0 Å². The van der Waals surface area contributed by atoms with Crippen LogP contribution in [0.15, 0.2) is 0 Å². The normalized spacial score (nSPS) is 13.4. The van der Waals surface area contributed by atoms with Gasteiger partial charge in [-0.3, -0.25) is 0 Å². The van der Waals surface area contributed by atoms with Gasteiger partial charge in [0.15, 0.2) is 0 Å². The minimum atomic E-state index is 0.131. The number of nitrogens with one attached hydrogen (secondary N) is 1. The van der Waals surface area contributed by atoms with E-state index < -0.39 is 0 Å². The molecule has 0 aliphatic heterocycles. The monoisotopic (exact) mass is 162 g/mol. The number of rotatable bonds is 7. The van der Waals surface area contributed by atoms with Crippen LogP contribution < -0.4 is 11.1 Å². The molecule has 11 heavy (non-hydrogen) atoms. The molecule has 0 aliphatic rings. The van der Waals surface area contributed by atoms with Gasteiger partial charge in [0.05, 0.1) is 12.7 Å². The topological polar surface area (TPSA) is 56.5 Å². The molecule has 0 aromatic carbocycles. The van der Waals surface area contributed by atoms with Gasteiger partial charge in [0.2, 0.25) is 0 Å². The molecule has 0 aromatic rings. The van der Waals surface area contributed by atoms with Gasteiger partial charge in [-0.2, -0.15) is 0 Å². The van der Waals surface area contributed by atoms with E-state index >= 15 is 0 Å². The summed E-state index contributed by atoms with van der Waals surface area (Å²) in [5, 5.41) is 3.14. The molecule has 0 spiro atoms. The second-order valence-corrected chi connectivity index (χ2v) is 2.31. The smallest absolute Gasteiger partial charge is 0.0928 e. The summed E-state index contributed by atoms with van der Waals surface area (Å²) in [4.78, 5) is 0. The SMILES string of the molecule is COCC(CNCCN)OC. The van der Waals surface area contributed by atoms with Crippen LogP contribution in [0, 0.1) is 0 Å². The first-order chi connectivity index (χ1) is 5.35. The quantitative estimate of drug-likeness (QED) is 0.481. The lowest BCUT2D eigenvalue weighted by Gasteiger charge is -2.14. The lowest BCUT2D eigenvalue weighted by molar-refractivity contribution is 0.0292. The summed E-state index contributed by atoms with van der Waals surface area (Å²) in [5.41, 5.74) is 5.30. The standard InChI is InChI=1S/C7H18N2O2/c1-10-6-7(11-2)5-9-4-3-8/h7,9H,3-6,8H2,1-2H3. The Morgan fingerprint density at radius 3 is 2.64 bits per heavy atom. The molecule has 4 heteroatoms. The van der Waals surface area contributed by atoms with Gasteiger partial charge in [-0.05, 0) is 0 Å². The van der Waals surface area contributed by atoms with Crippen molar-refractivity contribution in [2.45, 2.75) is 6.10 Å². The summed E-state index contributed by atoms with van der Waals surface area (Å²) in [5.74, 6) is 0. The lowest BCUT2D eigenvalue weighted by Crippen LogP contribution is -2.34. The minimum Gasteiger partial charge on any atom is -0.382 e. The third-order valence-corrected chi connectivity index (χ3v) is 1.38. The molecule has 68 valence electrons. The molecule has 0 heterocycles. The molecule has 1 unspecified atom stereocenters. The molecule has 0 fully saturated rings. The Morgan fingerprint density at radius 2 is 2.18 bits per heavy atom. The van der Waals surface area contributed by atoms with Crippen molar-refractivity contribution in [1.29, 1.82) is 0 Å². The fourth-order valence-electron chi connectivity index (χ4n) is 0.761. The largest absolute Gasteiger partial charge is 0.382 e. The first kappa shape index (κ1) is 10.8. The fourth-order valence-corrected chi connectivity index (χ4v) is 0.761. The maximum Gasteiger partial charge on any atom is 0.0928 e. The van der Waals surface area contributed by atoms with Gasteiger partial charge in [0.1, 0.15) is 0 Å². The van der Waals surface area contributed by atoms with E-state index in [2.05, 4.69) is 5.32 Å². The molecule has 0 amide bonds. The Bertz CT molecular complexity index is 80.8. The number of ether oxygens (including phenoxy) is 2. The highest BCUT2D eigenvalue weighted by molar-refractivity contribution is 4.59. The van der Waals surface area contributed by atoms with Gasteiger partial charge in [-0.25, -0.2) is 0 Å². The second kappa shape index (κ2) is 7.94. The predicted octanol–water partition coefficient (Wildman–Crippen LogP) is -0.804. The fraction of sp³-hybridized carbons (Fsp3) is 1.00. The van der Waals surface area contributed by atoms with Crippen LogP contribution in [-0.4, -0.2) is 46.6 Å². The molecule has 4 nitrogen and oxygen atoms in total. The van der Waals surface area contributed by atoms with Crippen LogP contribution in [-0.2, 0) is 9.47 Å². The summed E-state index contributed by atoms with van der Waals surface area (Å²) in [6, 6.07) is 0. The molecule has 0 rings (SSSR count). The van der Waals surface area contributed by atoms with Crippen LogP contribution in [0.4, 0.5) is 0 Å². The van der Waals surface area contributed by atoms with Gasteiger partial charge in [0, 0.05) is 33.9 Å². The van der Waals surface area contributed by atoms with E-state index in [0.717, 1.165) is 13.1 Å². The van der Waals surface area contributed by atoms with E-state index in [0.29, 0.717) is 13.2 Å². The maximum absolute atomic E-state index is 5.30. The first-order valence-corrected chi connectivity index (χ1v) is 3.77. The number of nitrogens with two attached hydrogens (primary N) is 1. The average Bonchev–Trinajstić information content (AvgIpc) is 2.03. The molecule has 3 N–H and O–H groups in total. The zero-order valence-corrected chi connectivity index (χ0v) is 7.30. The van der Waals surface area contributed by atoms with E-state index in [9.17, 15) is 0 Å². The van der Waals surface area contributed by atoms with Gasteiger partial charge in [0.25, 0.3) is 0 Å². The lowest BCUT2D eigenvalue weighted by atomic mass is 10.3. The van der Waals surface area contributed by atoms with Gasteiger partial charge in [-0.1, -0.05) is 0 Å². The molecule has 0 radical (unpaired) electrons. The van der Waals surface area contributed by atoms with Crippen LogP contribution in [0.3, 0.4) is 0 Å². The summed E-state index contributed by atoms with van der Waals surface area (Å²) < 4.78 is 10.0. The molecule has 0 saturated carbocycles. The van der Waals surface area contributed by atoms with Crippen molar-refractivity contribution >= 4 is 0 Å². The van der Waals surface area contributed by atoms with Crippen molar-refractivity contribution in [3.8, 4) is 0 Å². The van der Waals surface area contributed by atoms with Gasteiger partial charge < -0.3 is 20.5 Å². The maximum atomic E-state index is 5.30. The van der Waals surface area contributed by atoms with Gasteiger partial charge in [-0.15, -0.1) is 0 Å². The van der Waals surface area contributed by atoms with E-state index in [4.69, 9.17) is 15.2 Å². The van der Waals surface area contributed by atoms with E-state index in [1.807, 2.05) is 0 Å². The van der Waals surface area contributed by atoms with Crippen molar-refractivity contribution < 1.29 is 9.47 Å². The zero-order valence-electron chi connectivity index (χ0n) is 7.30. The Hall–Kier alpha value is -0.160. The highest BCUT2D eigenvalue weighted by atomic mass is 16.5. The molecular weight excluding hydrogens is 144 g/mol. The number of methoxy groups -OCH3 is 2. The van der Waals surface area contributed by atoms with E-state index in [1.165, 1.54) is 0 Å². The van der Waals surface area contributed by atoms with Crippen molar-refractivity contribution in [1.82, 2.24) is 5.32 Å². The molecular formula is C7H18N2O2. The Balaban J connectivity index is 3.20. The number of hydrogen-bond acceptors (Lipinski definition) is 4. The van der Waals surface area contributed by atoms with Crippen LogP contribution in [0.5, 0.6) is 0 Å². The molecule has 0 bridgehead atoms. The van der Waals surface area contributed by atoms with Crippen molar-refractivity contribution in [2.75, 3.05) is 40.5 Å². The Morgan fingerprint density at radius 1 is 1.45 bits per heavy atom. The Kier molecular flexibility index (Phi) is 7.83. The van der Waals surface area contributed by atoms with Crippen LogP contribution in [0.25, 0.3) is 0 Å². The zero-order chi connectivity index (χ0) is 8.53. The van der Waals surface area contributed by atoms with Crippen LogP contribution in [0.1, 0.15) is 0 Å². The Labute approximate surface area is 68.0 Å². The van der Waals surface area contributed by atoms with Crippen molar-refractivity contribution in [3.63, 3.8) is 0 Å². The molecule has 0 aromatic heterocycles. The molecule has 0 saturated heterocycles. The highest BCUT2D eigenvalue weighted by Crippen LogP contribution is 1.87. The predicted molar refractivity (Wildman–Crippen MR) is 44.6 cm³/mol.